The Morgan fingerprint density at radius 1 is 1.18 bits per heavy atom. The van der Waals surface area contributed by atoms with Gasteiger partial charge < -0.3 is 15.2 Å². The van der Waals surface area contributed by atoms with Gasteiger partial charge in [-0.15, -0.1) is 10.2 Å². The Balaban J connectivity index is 1.28. The molecule has 0 saturated heterocycles. The highest BCUT2D eigenvalue weighted by atomic mass is 19.3. The number of alkyl halides is 2. The Bertz CT molecular complexity index is 1390. The maximum atomic E-state index is 14.7. The predicted molar refractivity (Wildman–Crippen MR) is 140 cm³/mol. The number of aryl methyl sites for hydroxylation is 1. The number of rotatable bonds is 7. The van der Waals surface area contributed by atoms with E-state index in [2.05, 4.69) is 45.7 Å². The van der Waals surface area contributed by atoms with Gasteiger partial charge in [-0.3, -0.25) is 4.79 Å². The van der Waals surface area contributed by atoms with E-state index in [1.807, 2.05) is 29.8 Å². The molecule has 0 unspecified atom stereocenters. The van der Waals surface area contributed by atoms with Gasteiger partial charge in [0.05, 0.1) is 5.41 Å². The first-order chi connectivity index (χ1) is 18.1. The SMILES string of the molecule is CC1CC(c2cccc(NC(=O)c3cc(CNC4(C)CCC4)c4c(n3)C(F)(F)CC4)c2)(c2nncn2C)C1. The van der Waals surface area contributed by atoms with Gasteiger partial charge in [-0.25, -0.2) is 4.98 Å². The van der Waals surface area contributed by atoms with E-state index in [0.717, 1.165) is 42.6 Å². The maximum absolute atomic E-state index is 14.7. The molecular formula is C29H34F2N6O. The zero-order chi connectivity index (χ0) is 26.7. The Labute approximate surface area is 221 Å². The maximum Gasteiger partial charge on any atom is 0.290 e. The van der Waals surface area contributed by atoms with E-state index in [4.69, 9.17) is 0 Å². The molecule has 6 rings (SSSR count). The Kier molecular flexibility index (Phi) is 5.90. The van der Waals surface area contributed by atoms with E-state index in [1.54, 1.807) is 12.4 Å². The van der Waals surface area contributed by atoms with Crippen LogP contribution < -0.4 is 10.6 Å². The number of hydrogen-bond acceptors (Lipinski definition) is 5. The molecule has 9 heteroatoms. The average Bonchev–Trinajstić information content (AvgIpc) is 3.41. The molecule has 2 N–H and O–H groups in total. The van der Waals surface area contributed by atoms with Gasteiger partial charge in [-0.05, 0) is 86.3 Å². The van der Waals surface area contributed by atoms with Crippen molar-refractivity contribution >= 4 is 11.6 Å². The first-order valence-corrected chi connectivity index (χ1v) is 13.5. The highest BCUT2D eigenvalue weighted by Crippen LogP contribution is 2.51. The standard InChI is InChI=1S/C29H34F2N6O/c1-18-14-28(15-18,26-36-33-17-37(26)3)20-6-4-7-21(13-20)34-25(38)23-12-19(16-32-27(2)9-5-10-27)22-8-11-29(30,31)24(22)35-23/h4,6-7,12-13,17-18,32H,5,8-11,14-16H2,1-3H3,(H,34,38). The number of carbonyl (C=O) groups is 1. The first-order valence-electron chi connectivity index (χ1n) is 13.5. The molecule has 2 fully saturated rings. The van der Waals surface area contributed by atoms with Crippen LogP contribution in [0.15, 0.2) is 36.7 Å². The normalized spacial score (nSPS) is 24.8. The van der Waals surface area contributed by atoms with Crippen LogP contribution >= 0.6 is 0 Å². The number of nitrogens with zero attached hydrogens (tertiary/aromatic N) is 4. The summed E-state index contributed by atoms with van der Waals surface area (Å²) in [5.74, 6) is -2.06. The molecule has 3 aliphatic carbocycles. The molecule has 200 valence electrons. The van der Waals surface area contributed by atoms with Crippen molar-refractivity contribution in [2.75, 3.05) is 5.32 Å². The molecule has 0 radical (unpaired) electrons. The number of amides is 1. The quantitative estimate of drug-likeness (QED) is 0.445. The van der Waals surface area contributed by atoms with E-state index in [9.17, 15) is 13.6 Å². The molecule has 1 aromatic carbocycles. The van der Waals surface area contributed by atoms with Crippen molar-refractivity contribution in [2.24, 2.45) is 13.0 Å². The lowest BCUT2D eigenvalue weighted by Gasteiger charge is -2.46. The molecule has 0 bridgehead atoms. The van der Waals surface area contributed by atoms with Crippen molar-refractivity contribution in [1.82, 2.24) is 25.1 Å². The van der Waals surface area contributed by atoms with Crippen molar-refractivity contribution in [3.05, 3.63) is 70.6 Å². The molecule has 2 saturated carbocycles. The van der Waals surface area contributed by atoms with E-state index in [1.165, 1.54) is 6.42 Å². The van der Waals surface area contributed by atoms with Gasteiger partial charge >= 0.3 is 0 Å². The van der Waals surface area contributed by atoms with Crippen LogP contribution in [-0.2, 0) is 31.4 Å². The minimum Gasteiger partial charge on any atom is -0.321 e. The first kappa shape index (κ1) is 25.1. The van der Waals surface area contributed by atoms with E-state index in [-0.39, 0.29) is 35.2 Å². The van der Waals surface area contributed by atoms with Crippen molar-refractivity contribution in [3.63, 3.8) is 0 Å². The number of benzene rings is 1. The van der Waals surface area contributed by atoms with Gasteiger partial charge in [0.25, 0.3) is 11.8 Å². The number of fused-ring (bicyclic) bond motifs is 1. The summed E-state index contributed by atoms with van der Waals surface area (Å²) in [6.45, 7) is 4.82. The number of anilines is 1. The second-order valence-electron chi connectivity index (χ2n) is 11.9. The van der Waals surface area contributed by atoms with Crippen LogP contribution in [0.1, 0.15) is 91.1 Å². The molecule has 0 spiro atoms. The Morgan fingerprint density at radius 2 is 1.97 bits per heavy atom. The summed E-state index contributed by atoms with van der Waals surface area (Å²) in [7, 11) is 1.94. The molecule has 2 heterocycles. The fraction of sp³-hybridized carbons (Fsp3) is 0.517. The third-order valence-electron chi connectivity index (χ3n) is 8.85. The van der Waals surface area contributed by atoms with Gasteiger partial charge in [-0.1, -0.05) is 19.1 Å². The fourth-order valence-corrected chi connectivity index (χ4v) is 6.56. The van der Waals surface area contributed by atoms with Gasteiger partial charge in [-0.2, -0.15) is 8.78 Å². The lowest BCUT2D eigenvalue weighted by atomic mass is 9.58. The minimum atomic E-state index is -3.02. The Hall–Kier alpha value is -3.20. The molecule has 3 aromatic rings. The number of halogens is 2. The summed E-state index contributed by atoms with van der Waals surface area (Å²) in [5.41, 5.74) is 2.50. The third-order valence-corrected chi connectivity index (χ3v) is 8.85. The monoisotopic (exact) mass is 520 g/mol. The number of nitrogens with one attached hydrogen (secondary N) is 2. The van der Waals surface area contributed by atoms with E-state index >= 15 is 0 Å². The molecular weight excluding hydrogens is 486 g/mol. The zero-order valence-corrected chi connectivity index (χ0v) is 22.2. The van der Waals surface area contributed by atoms with Crippen LogP contribution in [0.3, 0.4) is 0 Å². The summed E-state index contributed by atoms with van der Waals surface area (Å²) in [4.78, 5) is 17.6. The minimum absolute atomic E-state index is 0.0200. The van der Waals surface area contributed by atoms with Crippen LogP contribution in [0, 0.1) is 5.92 Å². The van der Waals surface area contributed by atoms with Crippen LogP contribution in [0.4, 0.5) is 14.5 Å². The van der Waals surface area contributed by atoms with Crippen LogP contribution in [0.2, 0.25) is 0 Å². The summed E-state index contributed by atoms with van der Waals surface area (Å²) in [6, 6.07) is 9.42. The molecule has 2 aromatic heterocycles. The average molecular weight is 521 g/mol. The molecule has 0 aliphatic heterocycles. The summed E-state index contributed by atoms with van der Waals surface area (Å²) in [5, 5.41) is 14.9. The molecule has 7 nitrogen and oxygen atoms in total. The van der Waals surface area contributed by atoms with E-state index in [0.29, 0.717) is 23.7 Å². The van der Waals surface area contributed by atoms with Gasteiger partial charge in [0.2, 0.25) is 0 Å². The lowest BCUT2D eigenvalue weighted by molar-refractivity contribution is -0.00602. The van der Waals surface area contributed by atoms with Gasteiger partial charge in [0.15, 0.2) is 0 Å². The third kappa shape index (κ3) is 4.21. The van der Waals surface area contributed by atoms with Crippen LogP contribution in [-0.4, -0.2) is 31.2 Å². The van der Waals surface area contributed by atoms with Crippen molar-refractivity contribution < 1.29 is 13.6 Å². The zero-order valence-electron chi connectivity index (χ0n) is 22.2. The largest absolute Gasteiger partial charge is 0.321 e. The summed E-state index contributed by atoms with van der Waals surface area (Å²) in [6.07, 6.45) is 6.88. The molecule has 0 atom stereocenters. The van der Waals surface area contributed by atoms with Gasteiger partial charge in [0, 0.05) is 31.2 Å². The van der Waals surface area contributed by atoms with Crippen LogP contribution in [0.5, 0.6) is 0 Å². The number of aromatic nitrogens is 4. The second-order valence-corrected chi connectivity index (χ2v) is 11.9. The number of carbonyl (C=O) groups excluding carboxylic acids is 1. The summed E-state index contributed by atoms with van der Waals surface area (Å²) < 4.78 is 31.4. The van der Waals surface area contributed by atoms with E-state index < -0.39 is 11.8 Å². The highest BCUT2D eigenvalue weighted by Gasteiger charge is 2.48. The second kappa shape index (κ2) is 8.93. The highest BCUT2D eigenvalue weighted by molar-refractivity contribution is 6.03. The molecule has 3 aliphatic rings. The van der Waals surface area contributed by atoms with Crippen LogP contribution in [0.25, 0.3) is 0 Å². The topological polar surface area (TPSA) is 84.7 Å². The Morgan fingerprint density at radius 3 is 2.63 bits per heavy atom. The molecule has 1 amide bonds. The van der Waals surface area contributed by atoms with Gasteiger partial charge in [0.1, 0.15) is 23.5 Å². The fourth-order valence-electron chi connectivity index (χ4n) is 6.56. The number of pyridine rings is 1. The van der Waals surface area contributed by atoms with Crippen molar-refractivity contribution in [3.8, 4) is 0 Å². The lowest BCUT2D eigenvalue weighted by Crippen LogP contribution is -2.47. The van der Waals surface area contributed by atoms with Crippen molar-refractivity contribution in [2.45, 2.75) is 82.2 Å². The smallest absolute Gasteiger partial charge is 0.290 e. The predicted octanol–water partition coefficient (Wildman–Crippen LogP) is 5.25. The molecule has 38 heavy (non-hydrogen) atoms. The summed E-state index contributed by atoms with van der Waals surface area (Å²) >= 11 is 0. The van der Waals surface area contributed by atoms with Crippen molar-refractivity contribution in [1.29, 1.82) is 0 Å². The number of hydrogen-bond donors (Lipinski definition) is 2.